The van der Waals surface area contributed by atoms with E-state index < -0.39 is 11.7 Å². The Morgan fingerprint density at radius 3 is 2.39 bits per heavy atom. The van der Waals surface area contributed by atoms with Crippen molar-refractivity contribution in [3.8, 4) is 11.6 Å². The number of hydrogen-bond acceptors (Lipinski definition) is 5. The van der Waals surface area contributed by atoms with E-state index in [2.05, 4.69) is 36.1 Å². The first-order valence-corrected chi connectivity index (χ1v) is 8.83. The summed E-state index contributed by atoms with van der Waals surface area (Å²) in [6, 6.07) is 13.8. The standard InChI is InChI=1S/C22H21N3O3/c1-22(2,3)16-9-7-15(8-10-16)20(26)21(27)25-17-5-4-6-18(13-17)28-19-14-23-11-12-24-19/h4-14H,1-3H3,(H,25,27). The lowest BCUT2D eigenvalue weighted by molar-refractivity contribution is -0.112. The van der Waals surface area contributed by atoms with Crippen LogP contribution in [0.1, 0.15) is 36.7 Å². The third-order valence-electron chi connectivity index (χ3n) is 4.07. The number of ketones is 1. The van der Waals surface area contributed by atoms with Gasteiger partial charge in [-0.3, -0.25) is 14.6 Å². The Balaban J connectivity index is 1.69. The van der Waals surface area contributed by atoms with Gasteiger partial charge in [-0.05, 0) is 23.1 Å². The van der Waals surface area contributed by atoms with Gasteiger partial charge in [-0.1, -0.05) is 51.1 Å². The van der Waals surface area contributed by atoms with Crippen LogP contribution < -0.4 is 10.1 Å². The topological polar surface area (TPSA) is 81.2 Å². The van der Waals surface area contributed by atoms with Crippen molar-refractivity contribution in [3.05, 3.63) is 78.2 Å². The van der Waals surface area contributed by atoms with Gasteiger partial charge in [0.05, 0.1) is 6.20 Å². The average molecular weight is 375 g/mol. The molecule has 1 amide bonds. The predicted octanol–water partition coefficient (Wildman–Crippen LogP) is 4.39. The van der Waals surface area contributed by atoms with Gasteiger partial charge in [-0.15, -0.1) is 0 Å². The number of carbonyl (C=O) groups is 2. The number of rotatable bonds is 5. The van der Waals surface area contributed by atoms with Crippen LogP contribution in [0.3, 0.4) is 0 Å². The molecule has 0 saturated carbocycles. The summed E-state index contributed by atoms with van der Waals surface area (Å²) in [5.74, 6) is -0.498. The molecule has 0 fully saturated rings. The maximum Gasteiger partial charge on any atom is 0.296 e. The third-order valence-corrected chi connectivity index (χ3v) is 4.07. The minimum absolute atomic E-state index is 0.0204. The Morgan fingerprint density at radius 1 is 1.00 bits per heavy atom. The highest BCUT2D eigenvalue weighted by molar-refractivity contribution is 6.46. The highest BCUT2D eigenvalue weighted by Crippen LogP contribution is 2.24. The van der Waals surface area contributed by atoms with E-state index in [1.807, 2.05) is 12.1 Å². The molecule has 6 nitrogen and oxygen atoms in total. The first-order valence-electron chi connectivity index (χ1n) is 8.83. The Labute approximate surface area is 163 Å². The fourth-order valence-corrected chi connectivity index (χ4v) is 2.54. The molecule has 0 saturated heterocycles. The Morgan fingerprint density at radius 2 is 1.75 bits per heavy atom. The lowest BCUT2D eigenvalue weighted by Gasteiger charge is -2.18. The molecule has 1 aromatic heterocycles. The number of aromatic nitrogens is 2. The molecule has 0 radical (unpaired) electrons. The zero-order valence-electron chi connectivity index (χ0n) is 16.0. The molecule has 2 aromatic carbocycles. The quantitative estimate of drug-likeness (QED) is 0.528. The number of hydrogen-bond donors (Lipinski definition) is 1. The van der Waals surface area contributed by atoms with Crippen LogP contribution in [0, 0.1) is 0 Å². The van der Waals surface area contributed by atoms with Crippen molar-refractivity contribution in [1.82, 2.24) is 9.97 Å². The van der Waals surface area contributed by atoms with Gasteiger partial charge in [-0.25, -0.2) is 4.98 Å². The van der Waals surface area contributed by atoms with Crippen molar-refractivity contribution >= 4 is 17.4 Å². The number of ether oxygens (including phenoxy) is 1. The van der Waals surface area contributed by atoms with Crippen LogP contribution in [0.5, 0.6) is 11.6 Å². The molecule has 0 aliphatic carbocycles. The van der Waals surface area contributed by atoms with Crippen molar-refractivity contribution in [2.45, 2.75) is 26.2 Å². The summed E-state index contributed by atoms with van der Waals surface area (Å²) in [5, 5.41) is 2.61. The van der Waals surface area contributed by atoms with Crippen molar-refractivity contribution in [1.29, 1.82) is 0 Å². The second-order valence-corrected chi connectivity index (χ2v) is 7.28. The molecule has 0 aliphatic rings. The van der Waals surface area contributed by atoms with Gasteiger partial charge >= 0.3 is 0 Å². The molecule has 3 aromatic rings. The van der Waals surface area contributed by atoms with Crippen LogP contribution in [-0.2, 0) is 10.2 Å². The lowest BCUT2D eigenvalue weighted by atomic mass is 9.86. The monoisotopic (exact) mass is 375 g/mol. The summed E-state index contributed by atoms with van der Waals surface area (Å²) in [7, 11) is 0. The summed E-state index contributed by atoms with van der Waals surface area (Å²) in [5.41, 5.74) is 1.87. The van der Waals surface area contributed by atoms with Crippen LogP contribution in [0.4, 0.5) is 5.69 Å². The zero-order chi connectivity index (χ0) is 20.1. The van der Waals surface area contributed by atoms with Crippen LogP contribution in [0.15, 0.2) is 67.1 Å². The Bertz CT molecular complexity index is 978. The highest BCUT2D eigenvalue weighted by Gasteiger charge is 2.19. The van der Waals surface area contributed by atoms with Gasteiger partial charge in [0.25, 0.3) is 11.7 Å². The van der Waals surface area contributed by atoms with Crippen molar-refractivity contribution < 1.29 is 14.3 Å². The third kappa shape index (κ3) is 4.79. The highest BCUT2D eigenvalue weighted by atomic mass is 16.5. The summed E-state index contributed by atoms with van der Waals surface area (Å²) in [6.07, 6.45) is 4.55. The summed E-state index contributed by atoms with van der Waals surface area (Å²) < 4.78 is 5.58. The first-order chi connectivity index (χ1) is 13.3. The Hall–Kier alpha value is -3.54. The van der Waals surface area contributed by atoms with Gasteiger partial charge in [0.15, 0.2) is 0 Å². The fraction of sp³-hybridized carbons (Fsp3) is 0.182. The van der Waals surface area contributed by atoms with Gasteiger partial charge in [0.2, 0.25) is 5.88 Å². The van der Waals surface area contributed by atoms with E-state index in [9.17, 15) is 9.59 Å². The number of carbonyl (C=O) groups excluding carboxylic acids is 2. The number of benzene rings is 2. The fourth-order valence-electron chi connectivity index (χ4n) is 2.54. The number of anilines is 1. The molecular weight excluding hydrogens is 354 g/mol. The summed E-state index contributed by atoms with van der Waals surface area (Å²) >= 11 is 0. The van der Waals surface area contributed by atoms with Gasteiger partial charge < -0.3 is 10.1 Å². The second-order valence-electron chi connectivity index (χ2n) is 7.28. The van der Waals surface area contributed by atoms with Gasteiger partial charge in [-0.2, -0.15) is 0 Å². The smallest absolute Gasteiger partial charge is 0.296 e. The molecular formula is C22H21N3O3. The molecule has 6 heteroatoms. The number of nitrogens with zero attached hydrogens (tertiary/aromatic N) is 2. The van der Waals surface area contributed by atoms with E-state index in [0.29, 0.717) is 22.9 Å². The maximum absolute atomic E-state index is 12.4. The predicted molar refractivity (Wildman–Crippen MR) is 107 cm³/mol. The summed E-state index contributed by atoms with van der Waals surface area (Å²) in [4.78, 5) is 32.7. The van der Waals surface area contributed by atoms with E-state index in [1.165, 1.54) is 12.4 Å². The average Bonchev–Trinajstić information content (AvgIpc) is 2.68. The molecule has 0 spiro atoms. The van der Waals surface area contributed by atoms with E-state index in [1.54, 1.807) is 42.6 Å². The minimum Gasteiger partial charge on any atom is -0.437 e. The van der Waals surface area contributed by atoms with Crippen molar-refractivity contribution in [3.63, 3.8) is 0 Å². The van der Waals surface area contributed by atoms with Crippen molar-refractivity contribution in [2.24, 2.45) is 0 Å². The second kappa shape index (κ2) is 8.00. The first kappa shape index (κ1) is 19.2. The van der Waals surface area contributed by atoms with Crippen LogP contribution in [-0.4, -0.2) is 21.7 Å². The molecule has 3 rings (SSSR count). The van der Waals surface area contributed by atoms with Gasteiger partial charge in [0, 0.05) is 29.7 Å². The zero-order valence-corrected chi connectivity index (χ0v) is 16.0. The molecule has 28 heavy (non-hydrogen) atoms. The normalized spacial score (nSPS) is 11.0. The molecule has 1 heterocycles. The van der Waals surface area contributed by atoms with E-state index in [4.69, 9.17) is 4.74 Å². The molecule has 1 N–H and O–H groups in total. The number of Topliss-reactive ketones (excluding diaryl/α,β-unsaturated/α-hetero) is 1. The van der Waals surface area contributed by atoms with E-state index in [-0.39, 0.29) is 5.41 Å². The molecule has 0 atom stereocenters. The maximum atomic E-state index is 12.4. The van der Waals surface area contributed by atoms with Crippen molar-refractivity contribution in [2.75, 3.05) is 5.32 Å². The van der Waals surface area contributed by atoms with Crippen LogP contribution in [0.25, 0.3) is 0 Å². The van der Waals surface area contributed by atoms with Crippen LogP contribution >= 0.6 is 0 Å². The molecule has 142 valence electrons. The Kier molecular flexibility index (Phi) is 5.49. The number of nitrogens with one attached hydrogen (secondary N) is 1. The van der Waals surface area contributed by atoms with Gasteiger partial charge in [0.1, 0.15) is 5.75 Å². The lowest BCUT2D eigenvalue weighted by Crippen LogP contribution is -2.23. The minimum atomic E-state index is -0.708. The van der Waals surface area contributed by atoms with E-state index in [0.717, 1.165) is 5.56 Å². The molecule has 0 bridgehead atoms. The van der Waals surface area contributed by atoms with Crippen LogP contribution in [0.2, 0.25) is 0 Å². The summed E-state index contributed by atoms with van der Waals surface area (Å²) in [6.45, 7) is 6.27. The molecule has 0 unspecified atom stereocenters. The largest absolute Gasteiger partial charge is 0.437 e. The van der Waals surface area contributed by atoms with E-state index >= 15 is 0 Å². The number of amides is 1. The SMILES string of the molecule is CC(C)(C)c1ccc(C(=O)C(=O)Nc2cccc(Oc3cnccn3)c2)cc1. The molecule has 0 aliphatic heterocycles.